The van der Waals surface area contributed by atoms with Gasteiger partial charge >= 0.3 is 12.1 Å². The van der Waals surface area contributed by atoms with Crippen molar-refractivity contribution in [1.29, 1.82) is 0 Å². The van der Waals surface area contributed by atoms with E-state index in [-0.39, 0.29) is 5.91 Å². The van der Waals surface area contributed by atoms with Crippen LogP contribution in [0, 0.1) is 13.8 Å². The van der Waals surface area contributed by atoms with Crippen molar-refractivity contribution in [2.24, 2.45) is 0 Å². The monoisotopic (exact) mass is 462 g/mol. The highest BCUT2D eigenvalue weighted by Gasteiger charge is 2.38. The first-order chi connectivity index (χ1) is 15.6. The van der Waals surface area contributed by atoms with Gasteiger partial charge in [0.15, 0.2) is 0 Å². The lowest BCUT2D eigenvalue weighted by molar-refractivity contribution is -0.192. The molecule has 0 fully saturated rings. The normalized spacial score (nSPS) is 12.6. The van der Waals surface area contributed by atoms with Crippen molar-refractivity contribution in [3.05, 3.63) is 65.5 Å². The van der Waals surface area contributed by atoms with Gasteiger partial charge in [-0.15, -0.1) is 0 Å². The number of carbonyl (C=O) groups is 2. The first kappa shape index (κ1) is 23.8. The SMILES string of the molecule is Cc1ncn(-c2ccc(NC(=O)c3cc4c(cn3)OCCC4)cc2)c1C.O=C(O)C(F)(F)F. The molecule has 8 nitrogen and oxygen atoms in total. The summed E-state index contributed by atoms with van der Waals surface area (Å²) in [7, 11) is 0. The van der Waals surface area contributed by atoms with Gasteiger partial charge in [0.25, 0.3) is 5.91 Å². The number of pyridine rings is 1. The van der Waals surface area contributed by atoms with Crippen LogP contribution in [-0.4, -0.2) is 44.3 Å². The van der Waals surface area contributed by atoms with Crippen LogP contribution >= 0.6 is 0 Å². The number of hydrogen-bond donors (Lipinski definition) is 2. The molecule has 1 amide bonds. The van der Waals surface area contributed by atoms with E-state index in [0.717, 1.165) is 46.9 Å². The lowest BCUT2D eigenvalue weighted by atomic mass is 10.1. The molecule has 11 heteroatoms. The molecule has 1 aliphatic heterocycles. The van der Waals surface area contributed by atoms with Crippen LogP contribution in [-0.2, 0) is 11.2 Å². The average molecular weight is 462 g/mol. The molecule has 1 aliphatic rings. The topological polar surface area (TPSA) is 106 Å². The van der Waals surface area contributed by atoms with Crippen LogP contribution < -0.4 is 10.1 Å². The molecule has 0 unspecified atom stereocenters. The Balaban J connectivity index is 0.000000383. The van der Waals surface area contributed by atoms with E-state index in [1.807, 2.05) is 48.7 Å². The molecule has 0 saturated carbocycles. The molecule has 0 bridgehead atoms. The van der Waals surface area contributed by atoms with E-state index in [1.165, 1.54) is 0 Å². The van der Waals surface area contributed by atoms with E-state index in [1.54, 1.807) is 12.5 Å². The number of carbonyl (C=O) groups excluding carboxylic acids is 1. The van der Waals surface area contributed by atoms with Crippen molar-refractivity contribution in [1.82, 2.24) is 14.5 Å². The number of carboxylic acid groups (broad SMARTS) is 1. The summed E-state index contributed by atoms with van der Waals surface area (Å²) in [5.74, 6) is -2.20. The second-order valence-electron chi connectivity index (χ2n) is 7.22. The smallest absolute Gasteiger partial charge is 0.490 e. The van der Waals surface area contributed by atoms with Crippen LogP contribution in [0.15, 0.2) is 42.9 Å². The van der Waals surface area contributed by atoms with Gasteiger partial charge in [-0.2, -0.15) is 13.2 Å². The van der Waals surface area contributed by atoms with Crippen LogP contribution in [0.5, 0.6) is 5.75 Å². The molecular weight excluding hydrogens is 441 g/mol. The molecule has 3 heterocycles. The largest absolute Gasteiger partial charge is 0.492 e. The number of benzene rings is 1. The zero-order chi connectivity index (χ0) is 24.2. The number of halogens is 3. The van der Waals surface area contributed by atoms with E-state index in [9.17, 15) is 18.0 Å². The zero-order valence-corrected chi connectivity index (χ0v) is 17.8. The fourth-order valence-corrected chi connectivity index (χ4v) is 3.04. The molecule has 1 aromatic carbocycles. The summed E-state index contributed by atoms with van der Waals surface area (Å²) in [5.41, 5.74) is 5.28. The Labute approximate surface area is 187 Å². The minimum atomic E-state index is -5.08. The van der Waals surface area contributed by atoms with Gasteiger partial charge in [0, 0.05) is 17.1 Å². The maximum Gasteiger partial charge on any atom is 0.490 e. The quantitative estimate of drug-likeness (QED) is 0.607. The molecule has 2 aromatic heterocycles. The predicted octanol–water partition coefficient (Wildman–Crippen LogP) is 4.09. The van der Waals surface area contributed by atoms with Crippen molar-refractivity contribution < 1.29 is 32.6 Å². The maximum absolute atomic E-state index is 12.5. The lowest BCUT2D eigenvalue weighted by Crippen LogP contribution is -2.21. The highest BCUT2D eigenvalue weighted by atomic mass is 19.4. The third kappa shape index (κ3) is 5.88. The molecule has 33 heavy (non-hydrogen) atoms. The number of carboxylic acids is 1. The third-order valence-corrected chi connectivity index (χ3v) is 4.93. The lowest BCUT2D eigenvalue weighted by Gasteiger charge is -2.17. The van der Waals surface area contributed by atoms with Gasteiger partial charge in [0.05, 0.1) is 24.8 Å². The van der Waals surface area contributed by atoms with Crippen molar-refractivity contribution in [2.45, 2.75) is 32.9 Å². The molecule has 174 valence electrons. The van der Waals surface area contributed by atoms with Crippen molar-refractivity contribution in [3.8, 4) is 11.4 Å². The summed E-state index contributed by atoms with van der Waals surface area (Å²) in [4.78, 5) is 29.9. The minimum Gasteiger partial charge on any atom is -0.492 e. The molecular formula is C22H21F3N4O4. The number of aryl methyl sites for hydroxylation is 2. The summed E-state index contributed by atoms with van der Waals surface area (Å²) in [6.45, 7) is 4.73. The van der Waals surface area contributed by atoms with Crippen LogP contribution in [0.2, 0.25) is 0 Å². The van der Waals surface area contributed by atoms with Gasteiger partial charge in [0.2, 0.25) is 0 Å². The molecule has 0 radical (unpaired) electrons. The zero-order valence-electron chi connectivity index (χ0n) is 17.8. The summed E-state index contributed by atoms with van der Waals surface area (Å²) in [6.07, 6.45) is 0.233. The van der Waals surface area contributed by atoms with Crippen LogP contribution in [0.25, 0.3) is 5.69 Å². The van der Waals surface area contributed by atoms with Crippen molar-refractivity contribution >= 4 is 17.6 Å². The fourth-order valence-electron chi connectivity index (χ4n) is 3.04. The van der Waals surface area contributed by atoms with Gasteiger partial charge in [0.1, 0.15) is 11.4 Å². The van der Waals surface area contributed by atoms with Crippen LogP contribution in [0.3, 0.4) is 0 Å². The standard InChI is InChI=1S/C20H20N4O2.C2HF3O2/c1-13-14(2)24(12-22-13)17-7-5-16(6-8-17)23-20(25)18-10-15-4-3-9-26-19(15)11-21-18;3-2(4,5)1(6)7/h5-8,10-12H,3-4,9H2,1-2H3,(H,23,25);(H,6,7). The molecule has 0 aliphatic carbocycles. The van der Waals surface area contributed by atoms with Gasteiger partial charge in [-0.05, 0) is 62.6 Å². The highest BCUT2D eigenvalue weighted by Crippen LogP contribution is 2.24. The van der Waals surface area contributed by atoms with Gasteiger partial charge in [-0.1, -0.05) is 0 Å². The minimum absolute atomic E-state index is 0.222. The second kappa shape index (κ2) is 9.72. The highest BCUT2D eigenvalue weighted by molar-refractivity contribution is 6.03. The number of aliphatic carboxylic acids is 1. The Morgan fingerprint density at radius 2 is 1.82 bits per heavy atom. The van der Waals surface area contributed by atoms with Crippen molar-refractivity contribution in [3.63, 3.8) is 0 Å². The Bertz CT molecular complexity index is 1160. The van der Waals surface area contributed by atoms with E-state index in [0.29, 0.717) is 12.3 Å². The summed E-state index contributed by atoms with van der Waals surface area (Å²) < 4.78 is 39.3. The molecule has 4 rings (SSSR count). The van der Waals surface area contributed by atoms with E-state index >= 15 is 0 Å². The predicted molar refractivity (Wildman–Crippen MR) is 113 cm³/mol. The van der Waals surface area contributed by atoms with Crippen LogP contribution in [0.1, 0.15) is 33.9 Å². The number of anilines is 1. The van der Waals surface area contributed by atoms with Gasteiger partial charge in [-0.25, -0.2) is 14.8 Å². The first-order valence-electron chi connectivity index (χ1n) is 9.90. The number of nitrogens with one attached hydrogen (secondary N) is 1. The van der Waals surface area contributed by atoms with Crippen molar-refractivity contribution in [2.75, 3.05) is 11.9 Å². The number of fused-ring (bicyclic) bond motifs is 1. The van der Waals surface area contributed by atoms with Gasteiger partial charge < -0.3 is 19.7 Å². The van der Waals surface area contributed by atoms with E-state index < -0.39 is 12.1 Å². The van der Waals surface area contributed by atoms with E-state index in [2.05, 4.69) is 15.3 Å². The summed E-state index contributed by atoms with van der Waals surface area (Å²) in [6, 6.07) is 9.48. The number of rotatable bonds is 3. The fraction of sp³-hybridized carbons (Fsp3) is 0.273. The number of hydrogen-bond acceptors (Lipinski definition) is 5. The number of aromatic nitrogens is 3. The number of imidazole rings is 1. The maximum atomic E-state index is 12.5. The first-order valence-corrected chi connectivity index (χ1v) is 9.90. The summed E-state index contributed by atoms with van der Waals surface area (Å²) in [5, 5.41) is 10.0. The molecule has 0 spiro atoms. The number of amides is 1. The Kier molecular flexibility index (Phi) is 7.00. The molecule has 0 saturated heterocycles. The molecule has 3 aromatic rings. The Morgan fingerprint density at radius 3 is 2.39 bits per heavy atom. The number of ether oxygens (including phenoxy) is 1. The number of nitrogens with zero attached hydrogens (tertiary/aromatic N) is 3. The summed E-state index contributed by atoms with van der Waals surface area (Å²) >= 11 is 0. The van der Waals surface area contributed by atoms with Gasteiger partial charge in [-0.3, -0.25) is 4.79 Å². The Morgan fingerprint density at radius 1 is 1.15 bits per heavy atom. The van der Waals surface area contributed by atoms with E-state index in [4.69, 9.17) is 14.6 Å². The Hall–Kier alpha value is -3.89. The molecule has 2 N–H and O–H groups in total. The number of alkyl halides is 3. The average Bonchev–Trinajstić information content (AvgIpc) is 3.12. The third-order valence-electron chi connectivity index (χ3n) is 4.93. The second-order valence-corrected chi connectivity index (χ2v) is 7.22. The molecule has 0 atom stereocenters. The van der Waals surface area contributed by atoms with Crippen LogP contribution in [0.4, 0.5) is 18.9 Å².